The maximum absolute atomic E-state index is 11.6. The fourth-order valence-electron chi connectivity index (χ4n) is 1.16. The fourth-order valence-corrected chi connectivity index (χ4v) is 1.16. The van der Waals surface area contributed by atoms with E-state index in [0.717, 1.165) is 4.68 Å². The molecule has 0 radical (unpaired) electrons. The number of urea groups is 1. The molecule has 3 amide bonds. The van der Waals surface area contributed by atoms with Gasteiger partial charge in [-0.1, -0.05) is 0 Å². The van der Waals surface area contributed by atoms with E-state index < -0.39 is 23.4 Å². The van der Waals surface area contributed by atoms with E-state index in [0.29, 0.717) is 5.69 Å². The highest BCUT2D eigenvalue weighted by Gasteiger charge is 2.26. The number of anilines is 1. The summed E-state index contributed by atoms with van der Waals surface area (Å²) in [7, 11) is 0. The second kappa shape index (κ2) is 5.38. The first-order valence-corrected chi connectivity index (χ1v) is 5.34. The van der Waals surface area contributed by atoms with Crippen LogP contribution in [-0.4, -0.2) is 38.3 Å². The van der Waals surface area contributed by atoms with Crippen LogP contribution in [0.15, 0.2) is 12.4 Å². The van der Waals surface area contributed by atoms with Crippen molar-refractivity contribution in [2.45, 2.75) is 25.9 Å². The molecule has 1 rings (SSSR count). The smallest absolute Gasteiger partial charge is 0.325 e. The average Bonchev–Trinajstić information content (AvgIpc) is 2.62. The average molecular weight is 269 g/mol. The molecule has 1 aromatic rings. The van der Waals surface area contributed by atoms with Gasteiger partial charge in [0.05, 0.1) is 11.9 Å². The van der Waals surface area contributed by atoms with Gasteiger partial charge in [0.1, 0.15) is 12.1 Å². The second-order valence-corrected chi connectivity index (χ2v) is 4.39. The van der Waals surface area contributed by atoms with Gasteiger partial charge in [0.2, 0.25) is 5.91 Å². The minimum atomic E-state index is -1.19. The number of carbonyl (C=O) groups is 3. The van der Waals surface area contributed by atoms with Crippen molar-refractivity contribution in [1.82, 2.24) is 15.1 Å². The molecule has 0 aliphatic carbocycles. The molecule has 0 unspecified atom stereocenters. The molecule has 0 fully saturated rings. The van der Waals surface area contributed by atoms with Crippen LogP contribution in [-0.2, 0) is 16.1 Å². The van der Waals surface area contributed by atoms with Crippen molar-refractivity contribution >= 4 is 23.6 Å². The van der Waals surface area contributed by atoms with Crippen LogP contribution in [0.1, 0.15) is 13.8 Å². The molecule has 5 N–H and O–H groups in total. The zero-order valence-electron chi connectivity index (χ0n) is 10.5. The molecule has 0 saturated heterocycles. The fraction of sp³-hybridized carbons (Fsp3) is 0.400. The van der Waals surface area contributed by atoms with E-state index in [9.17, 15) is 14.4 Å². The summed E-state index contributed by atoms with van der Waals surface area (Å²) >= 11 is 0. The zero-order valence-corrected chi connectivity index (χ0v) is 10.5. The molecular weight excluding hydrogens is 254 g/mol. The molecule has 9 heteroatoms. The molecule has 0 atom stereocenters. The predicted molar refractivity (Wildman–Crippen MR) is 65.3 cm³/mol. The number of nitrogens with zero attached hydrogens (tertiary/aromatic N) is 2. The minimum absolute atomic E-state index is 0.305. The highest BCUT2D eigenvalue weighted by Crippen LogP contribution is 2.06. The lowest BCUT2D eigenvalue weighted by molar-refractivity contribution is -0.137. The number of hydrogen-bond acceptors (Lipinski definition) is 4. The lowest BCUT2D eigenvalue weighted by Crippen LogP contribution is -2.54. The van der Waals surface area contributed by atoms with E-state index in [1.807, 2.05) is 0 Å². The van der Waals surface area contributed by atoms with Crippen molar-refractivity contribution in [3.05, 3.63) is 12.4 Å². The van der Waals surface area contributed by atoms with Gasteiger partial charge in [0.25, 0.3) is 0 Å². The summed E-state index contributed by atoms with van der Waals surface area (Å²) < 4.78 is 1.15. The summed E-state index contributed by atoms with van der Waals surface area (Å²) in [6.45, 7) is 2.61. The Balaban J connectivity index is 2.60. The van der Waals surface area contributed by atoms with Gasteiger partial charge < -0.3 is 21.5 Å². The molecule has 0 aromatic carbocycles. The van der Waals surface area contributed by atoms with Crippen LogP contribution in [0.4, 0.5) is 10.5 Å². The van der Waals surface area contributed by atoms with Crippen molar-refractivity contribution in [3.8, 4) is 0 Å². The molecule has 0 aliphatic heterocycles. The summed E-state index contributed by atoms with van der Waals surface area (Å²) in [4.78, 5) is 33.1. The highest BCUT2D eigenvalue weighted by atomic mass is 16.4. The number of hydrogen-bond donors (Lipinski definition) is 4. The number of amides is 3. The Kier molecular flexibility index (Phi) is 4.10. The summed E-state index contributed by atoms with van der Waals surface area (Å²) in [5.74, 6) is -1.72. The van der Waals surface area contributed by atoms with E-state index in [1.54, 1.807) is 0 Å². The normalized spacial score (nSPS) is 10.8. The van der Waals surface area contributed by atoms with E-state index in [-0.39, 0.29) is 6.54 Å². The minimum Gasteiger partial charge on any atom is -0.480 e. The SMILES string of the molecule is CC(C)(NC(=O)Nc1cnn(CC(=O)O)c1)C(N)=O. The number of nitrogens with two attached hydrogens (primary N) is 1. The number of carbonyl (C=O) groups excluding carboxylic acids is 2. The first-order valence-electron chi connectivity index (χ1n) is 5.34. The van der Waals surface area contributed by atoms with Gasteiger partial charge in [-0.2, -0.15) is 5.10 Å². The van der Waals surface area contributed by atoms with Crippen molar-refractivity contribution in [1.29, 1.82) is 0 Å². The number of carboxylic acid groups (broad SMARTS) is 1. The maximum atomic E-state index is 11.6. The van der Waals surface area contributed by atoms with Gasteiger partial charge in [-0.3, -0.25) is 14.3 Å². The van der Waals surface area contributed by atoms with Crippen LogP contribution in [0.25, 0.3) is 0 Å². The van der Waals surface area contributed by atoms with Crippen molar-refractivity contribution in [2.75, 3.05) is 5.32 Å². The summed E-state index contributed by atoms with van der Waals surface area (Å²) in [5, 5.41) is 17.1. The van der Waals surface area contributed by atoms with Crippen LogP contribution < -0.4 is 16.4 Å². The third-order valence-corrected chi connectivity index (χ3v) is 2.23. The largest absolute Gasteiger partial charge is 0.480 e. The van der Waals surface area contributed by atoms with Crippen LogP contribution >= 0.6 is 0 Å². The van der Waals surface area contributed by atoms with Gasteiger partial charge >= 0.3 is 12.0 Å². The van der Waals surface area contributed by atoms with Crippen LogP contribution in [0.3, 0.4) is 0 Å². The lowest BCUT2D eigenvalue weighted by Gasteiger charge is -2.21. The summed E-state index contributed by atoms with van der Waals surface area (Å²) in [6, 6.07) is -0.640. The first kappa shape index (κ1) is 14.5. The molecule has 1 heterocycles. The Morgan fingerprint density at radius 1 is 1.47 bits per heavy atom. The molecule has 0 aliphatic rings. The number of carboxylic acids is 1. The Labute approximate surface area is 108 Å². The van der Waals surface area contributed by atoms with Crippen molar-refractivity contribution < 1.29 is 19.5 Å². The number of rotatable bonds is 5. The molecule has 104 valence electrons. The first-order chi connectivity index (χ1) is 8.70. The van der Waals surface area contributed by atoms with Crippen LogP contribution in [0.5, 0.6) is 0 Å². The van der Waals surface area contributed by atoms with Gasteiger partial charge in [0.15, 0.2) is 0 Å². The summed E-state index contributed by atoms with van der Waals surface area (Å²) in [6.07, 6.45) is 2.64. The van der Waals surface area contributed by atoms with E-state index in [2.05, 4.69) is 15.7 Å². The standard InChI is InChI=1S/C10H15N5O4/c1-10(2,8(11)18)14-9(19)13-6-3-12-15(4-6)5-7(16)17/h3-4H,5H2,1-2H3,(H2,11,18)(H,16,17)(H2,13,14,19). The molecule has 0 spiro atoms. The molecule has 1 aromatic heterocycles. The number of nitrogens with one attached hydrogen (secondary N) is 2. The molecule has 0 saturated carbocycles. The third kappa shape index (κ3) is 4.30. The van der Waals surface area contributed by atoms with E-state index in [1.165, 1.54) is 26.2 Å². The van der Waals surface area contributed by atoms with Crippen molar-refractivity contribution in [2.24, 2.45) is 5.73 Å². The van der Waals surface area contributed by atoms with Crippen LogP contribution in [0.2, 0.25) is 0 Å². The Morgan fingerprint density at radius 2 is 2.11 bits per heavy atom. The molecule has 19 heavy (non-hydrogen) atoms. The Bertz CT molecular complexity index is 508. The van der Waals surface area contributed by atoms with Gasteiger partial charge in [-0.05, 0) is 13.8 Å². The van der Waals surface area contributed by atoms with Gasteiger partial charge in [-0.15, -0.1) is 0 Å². The third-order valence-electron chi connectivity index (χ3n) is 2.23. The predicted octanol–water partition coefficient (Wildman–Crippen LogP) is -0.647. The quantitative estimate of drug-likeness (QED) is 0.562. The monoisotopic (exact) mass is 269 g/mol. The number of aliphatic carboxylic acids is 1. The Hall–Kier alpha value is -2.58. The lowest BCUT2D eigenvalue weighted by atomic mass is 10.1. The number of primary amides is 1. The van der Waals surface area contributed by atoms with Gasteiger partial charge in [0, 0.05) is 6.20 Å². The topological polar surface area (TPSA) is 139 Å². The second-order valence-electron chi connectivity index (χ2n) is 4.39. The van der Waals surface area contributed by atoms with E-state index >= 15 is 0 Å². The molecule has 0 bridgehead atoms. The zero-order chi connectivity index (χ0) is 14.6. The van der Waals surface area contributed by atoms with Gasteiger partial charge in [-0.25, -0.2) is 4.79 Å². The maximum Gasteiger partial charge on any atom is 0.325 e. The van der Waals surface area contributed by atoms with Crippen molar-refractivity contribution in [3.63, 3.8) is 0 Å². The van der Waals surface area contributed by atoms with E-state index in [4.69, 9.17) is 10.8 Å². The summed E-state index contributed by atoms with van der Waals surface area (Å²) in [5.41, 5.74) is 4.22. The molecule has 9 nitrogen and oxygen atoms in total. The van der Waals surface area contributed by atoms with Crippen LogP contribution in [0, 0.1) is 0 Å². The Morgan fingerprint density at radius 3 is 2.63 bits per heavy atom. The molecular formula is C10H15N5O4. The number of aromatic nitrogens is 2. The highest BCUT2D eigenvalue weighted by molar-refractivity contribution is 5.94.